The quantitative estimate of drug-likeness (QED) is 0.110. The zero-order valence-corrected chi connectivity index (χ0v) is 39.5. The monoisotopic (exact) mass is 1000 g/mol. The number of hydrogen-bond donors (Lipinski definition) is 3. The highest BCUT2D eigenvalue weighted by Gasteiger charge is 2.22. The number of nitrogens with zero attached hydrogens (tertiary/aromatic N) is 15. The Kier molecular flexibility index (Phi) is 21.3. The van der Waals surface area contributed by atoms with Crippen molar-refractivity contribution in [1.82, 2.24) is 84.1 Å². The van der Waals surface area contributed by atoms with Crippen LogP contribution >= 0.6 is 24.0 Å². The maximum atomic E-state index is 12.9. The van der Waals surface area contributed by atoms with Crippen LogP contribution in [0.2, 0.25) is 5.15 Å². The van der Waals surface area contributed by atoms with Crippen LogP contribution in [0.15, 0.2) is 99.1 Å². The number of carbonyl (C=O) groups excluding carboxylic acids is 2. The minimum Gasteiger partial charge on any atom is -0.323 e. The standard InChI is InChI=1S/C13H18FN5OS.C9H10FN5.C9H7FN4O.C6H5ClN2O.C3H3FN2.ClH/c1-9(18-21(20)13(2,3)4)11-6-16-12(7-15-11)19-8-10(14)5-17-19;1-6(11)8-3-13-9(4-12-8)15-5-7(10)2-14-15;1-6(15)8-3-12-9(4-11-8)14-5-7(10)2-13-14;1-4(10)5-2-9-6(7)3-8-5;4-3-1-5-6-2-3;/h5-9,18H,1-4H3;2-6H,11H2,1H3;2-5H,1H3;2-3H,1H3;1-2H,(H,5,6);1H/t9-,21+;6-;;;;/m00..../s1. The lowest BCUT2D eigenvalue weighted by Gasteiger charge is -2.21. The van der Waals surface area contributed by atoms with Gasteiger partial charge in [0, 0.05) is 19.9 Å². The van der Waals surface area contributed by atoms with Gasteiger partial charge < -0.3 is 5.73 Å². The zero-order chi connectivity index (χ0) is 49.3. The van der Waals surface area contributed by atoms with Crippen LogP contribution in [0, 0.1) is 23.3 Å². The van der Waals surface area contributed by atoms with Crippen molar-refractivity contribution < 1.29 is 31.4 Å². The van der Waals surface area contributed by atoms with Gasteiger partial charge in [0.25, 0.3) is 0 Å². The van der Waals surface area contributed by atoms with Crippen molar-refractivity contribution in [2.75, 3.05) is 0 Å². The molecule has 0 aliphatic carbocycles. The van der Waals surface area contributed by atoms with E-state index in [4.69, 9.17) is 17.3 Å². The maximum absolute atomic E-state index is 12.9. The van der Waals surface area contributed by atoms with Gasteiger partial charge in [0.1, 0.15) is 16.5 Å². The number of carbonyl (C=O) groups is 2. The lowest BCUT2D eigenvalue weighted by Crippen LogP contribution is -2.35. The van der Waals surface area contributed by atoms with Crippen LogP contribution in [0.3, 0.4) is 0 Å². The third kappa shape index (κ3) is 17.9. The van der Waals surface area contributed by atoms with E-state index in [0.29, 0.717) is 39.7 Å². The molecule has 8 aromatic heterocycles. The van der Waals surface area contributed by atoms with Gasteiger partial charge in [0.2, 0.25) is 0 Å². The Morgan fingerprint density at radius 2 is 1.06 bits per heavy atom. The summed E-state index contributed by atoms with van der Waals surface area (Å²) in [6, 6.07) is -0.373. The molecule has 0 spiro atoms. The Labute approximate surface area is 399 Å². The molecular formula is C40H44Cl2F4N18O3S. The first-order chi connectivity index (χ1) is 31.7. The number of aromatic amines is 1. The fourth-order valence-electron chi connectivity index (χ4n) is 4.38. The van der Waals surface area contributed by atoms with Crippen LogP contribution in [-0.4, -0.2) is 99.9 Å². The molecule has 0 aliphatic heterocycles. The molecular weight excluding hydrogens is 960 g/mol. The number of H-pyrrole nitrogens is 1. The number of Topliss-reactive ketones (excluding diaryl/α,β-unsaturated/α-hetero) is 2. The summed E-state index contributed by atoms with van der Waals surface area (Å²) in [4.78, 5) is 53.4. The van der Waals surface area contributed by atoms with Crippen molar-refractivity contribution in [2.45, 2.75) is 65.3 Å². The van der Waals surface area contributed by atoms with Gasteiger partial charge in [-0.2, -0.15) is 20.4 Å². The Bertz CT molecular complexity index is 2790. The Balaban J connectivity index is 0.000000235. The molecule has 28 heteroatoms. The zero-order valence-electron chi connectivity index (χ0n) is 37.1. The summed E-state index contributed by atoms with van der Waals surface area (Å²) < 4.78 is 68.3. The third-order valence-corrected chi connectivity index (χ3v) is 9.74. The SMILES string of the molecule is CC(=O)c1cnc(-n2cc(F)cn2)cn1.CC(=O)c1cnc(Cl)cn1.C[C@H](N)c1cnc(-n2cc(F)cn2)cn1.C[C@H](N[S@](=O)C(C)(C)C)c1cnc(-n2cc(F)cn2)cn1.Cl.Fc1cn[nH]c1. The number of ketones is 2. The second kappa shape index (κ2) is 26.3. The van der Waals surface area contributed by atoms with Crippen molar-refractivity contribution in [3.05, 3.63) is 150 Å². The second-order valence-corrected chi connectivity index (χ2v) is 16.8. The average molecular weight is 1000 g/mol. The van der Waals surface area contributed by atoms with E-state index in [1.54, 1.807) is 12.4 Å². The van der Waals surface area contributed by atoms with E-state index in [1.807, 2.05) is 34.6 Å². The maximum Gasteiger partial charge on any atom is 0.179 e. The summed E-state index contributed by atoms with van der Waals surface area (Å²) in [5.41, 5.74) is 7.57. The molecule has 8 aromatic rings. The average Bonchev–Trinajstić information content (AvgIpc) is 4.15. The van der Waals surface area contributed by atoms with E-state index >= 15 is 0 Å². The number of nitrogens with one attached hydrogen (secondary N) is 2. The number of halogens is 6. The second-order valence-electron chi connectivity index (χ2n) is 14.4. The van der Waals surface area contributed by atoms with E-state index in [9.17, 15) is 31.4 Å². The summed E-state index contributed by atoms with van der Waals surface area (Å²) >= 11 is 5.43. The molecule has 4 N–H and O–H groups in total. The predicted octanol–water partition coefficient (Wildman–Crippen LogP) is 6.04. The van der Waals surface area contributed by atoms with E-state index in [-0.39, 0.29) is 52.3 Å². The Morgan fingerprint density at radius 3 is 1.34 bits per heavy atom. The molecule has 68 heavy (non-hydrogen) atoms. The number of hydrogen-bond acceptors (Lipinski definition) is 16. The molecule has 360 valence electrons. The van der Waals surface area contributed by atoms with Crippen LogP contribution in [0.5, 0.6) is 0 Å². The normalized spacial score (nSPS) is 11.8. The van der Waals surface area contributed by atoms with E-state index in [0.717, 1.165) is 24.8 Å². The van der Waals surface area contributed by atoms with Crippen LogP contribution in [0.1, 0.15) is 92.9 Å². The van der Waals surface area contributed by atoms with Gasteiger partial charge in [-0.1, -0.05) is 11.6 Å². The van der Waals surface area contributed by atoms with Crippen molar-refractivity contribution >= 4 is 46.6 Å². The number of aromatic nitrogens is 16. The van der Waals surface area contributed by atoms with Gasteiger partial charge in [-0.05, 0) is 34.6 Å². The van der Waals surface area contributed by atoms with Gasteiger partial charge in [0.05, 0.1) is 132 Å². The molecule has 0 unspecified atom stereocenters. The molecule has 21 nitrogen and oxygen atoms in total. The minimum atomic E-state index is -1.19. The highest BCUT2D eigenvalue weighted by Crippen LogP contribution is 2.16. The molecule has 0 radical (unpaired) electrons. The fraction of sp³-hybridized carbons (Fsp3) is 0.250. The van der Waals surface area contributed by atoms with Gasteiger partial charge in [-0.15, -0.1) is 12.4 Å². The fourth-order valence-corrected chi connectivity index (χ4v) is 5.28. The van der Waals surface area contributed by atoms with Crippen LogP contribution in [0.4, 0.5) is 17.6 Å². The van der Waals surface area contributed by atoms with Gasteiger partial charge in [-0.25, -0.2) is 70.4 Å². The molecule has 0 saturated heterocycles. The van der Waals surface area contributed by atoms with Gasteiger partial charge in [-0.3, -0.25) is 24.7 Å². The van der Waals surface area contributed by atoms with Crippen molar-refractivity contribution in [2.24, 2.45) is 5.73 Å². The molecule has 0 saturated carbocycles. The summed E-state index contributed by atoms with van der Waals surface area (Å²) in [5, 5.41) is 17.2. The minimum absolute atomic E-state index is 0. The lowest BCUT2D eigenvalue weighted by molar-refractivity contribution is 0.1000. The summed E-state index contributed by atoms with van der Waals surface area (Å²) in [6.45, 7) is 12.2. The van der Waals surface area contributed by atoms with Crippen molar-refractivity contribution in [3.8, 4) is 17.5 Å². The Hall–Kier alpha value is -7.13. The third-order valence-electron chi connectivity index (χ3n) is 7.87. The summed E-state index contributed by atoms with van der Waals surface area (Å²) in [5.74, 6) is -0.643. The van der Waals surface area contributed by atoms with Crippen LogP contribution < -0.4 is 10.5 Å². The first-order valence-corrected chi connectivity index (χ1v) is 20.9. The summed E-state index contributed by atoms with van der Waals surface area (Å²) in [6.07, 6.45) is 20.7. The smallest absolute Gasteiger partial charge is 0.179 e. The van der Waals surface area contributed by atoms with E-state index in [2.05, 4.69) is 70.1 Å². The van der Waals surface area contributed by atoms with Crippen LogP contribution in [-0.2, 0) is 11.0 Å². The van der Waals surface area contributed by atoms with E-state index in [1.165, 1.54) is 89.9 Å². The molecule has 0 amide bonds. The molecule has 8 rings (SSSR count). The molecule has 3 atom stereocenters. The topological polar surface area (TPSA) is 275 Å². The van der Waals surface area contributed by atoms with Crippen molar-refractivity contribution in [1.29, 1.82) is 0 Å². The lowest BCUT2D eigenvalue weighted by atomic mass is 10.3. The highest BCUT2D eigenvalue weighted by molar-refractivity contribution is 7.84. The Morgan fingerprint density at radius 1 is 0.632 bits per heavy atom. The molecule has 0 aromatic carbocycles. The first-order valence-electron chi connectivity index (χ1n) is 19.3. The van der Waals surface area contributed by atoms with Gasteiger partial charge in [0.15, 0.2) is 52.3 Å². The first kappa shape index (κ1) is 55.2. The summed E-state index contributed by atoms with van der Waals surface area (Å²) in [7, 11) is -1.19. The predicted molar refractivity (Wildman–Crippen MR) is 242 cm³/mol. The molecule has 8 heterocycles. The van der Waals surface area contributed by atoms with Gasteiger partial charge >= 0.3 is 0 Å². The number of nitrogens with two attached hydrogens (primary N) is 1. The molecule has 0 bridgehead atoms. The van der Waals surface area contributed by atoms with Crippen LogP contribution in [0.25, 0.3) is 17.5 Å². The van der Waals surface area contributed by atoms with E-state index < -0.39 is 28.4 Å². The molecule has 0 fully saturated rings. The highest BCUT2D eigenvalue weighted by atomic mass is 35.5. The number of rotatable bonds is 9. The van der Waals surface area contributed by atoms with Crippen molar-refractivity contribution in [3.63, 3.8) is 0 Å². The molecule has 0 aliphatic rings. The largest absolute Gasteiger partial charge is 0.323 e.